The summed E-state index contributed by atoms with van der Waals surface area (Å²) in [6.45, 7) is 2.02. The summed E-state index contributed by atoms with van der Waals surface area (Å²) in [5.41, 5.74) is 2.70. The minimum Gasteiger partial charge on any atom is -0.493 e. The Hall–Kier alpha value is -3.91. The van der Waals surface area contributed by atoms with Gasteiger partial charge in [0.2, 0.25) is 11.8 Å². The molecule has 1 amide bonds. The maximum atomic E-state index is 15.3. The molecule has 196 valence electrons. The Labute approximate surface area is 223 Å². The maximum Gasteiger partial charge on any atom is 0.229 e. The molecule has 0 unspecified atom stereocenters. The second kappa shape index (κ2) is 10.5. The normalized spacial score (nSPS) is 14.8. The molecule has 6 nitrogen and oxygen atoms in total. The summed E-state index contributed by atoms with van der Waals surface area (Å²) in [5, 5.41) is 0.210. The summed E-state index contributed by atoms with van der Waals surface area (Å²) < 4.78 is 45.7. The van der Waals surface area contributed by atoms with E-state index in [2.05, 4.69) is 4.98 Å². The highest BCUT2D eigenvalue weighted by atomic mass is 35.5. The van der Waals surface area contributed by atoms with Crippen molar-refractivity contribution in [3.05, 3.63) is 99.4 Å². The quantitative estimate of drug-likeness (QED) is 0.287. The van der Waals surface area contributed by atoms with E-state index in [1.54, 1.807) is 43.2 Å². The van der Waals surface area contributed by atoms with Gasteiger partial charge in [0.05, 0.1) is 32.4 Å². The van der Waals surface area contributed by atoms with Crippen LogP contribution in [0.25, 0.3) is 11.5 Å². The Morgan fingerprint density at radius 3 is 2.55 bits per heavy atom. The number of oxazole rings is 1. The minimum atomic E-state index is -0.797. The molecular weight excluding hydrogens is 514 g/mol. The van der Waals surface area contributed by atoms with Crippen molar-refractivity contribution in [1.82, 2.24) is 9.88 Å². The Balaban J connectivity index is 1.55. The van der Waals surface area contributed by atoms with Gasteiger partial charge in [0.1, 0.15) is 17.4 Å². The lowest BCUT2D eigenvalue weighted by molar-refractivity contribution is -0.132. The molecule has 1 aliphatic rings. The van der Waals surface area contributed by atoms with Crippen LogP contribution in [0.4, 0.5) is 8.78 Å². The van der Waals surface area contributed by atoms with Crippen molar-refractivity contribution in [2.24, 2.45) is 0 Å². The van der Waals surface area contributed by atoms with Gasteiger partial charge in [0.25, 0.3) is 0 Å². The number of benzene rings is 3. The third-order valence-electron chi connectivity index (χ3n) is 6.75. The number of rotatable bonds is 6. The Kier molecular flexibility index (Phi) is 7.08. The van der Waals surface area contributed by atoms with Gasteiger partial charge in [0.15, 0.2) is 11.5 Å². The number of carbonyl (C=O) groups excluding carboxylic acids is 1. The summed E-state index contributed by atoms with van der Waals surface area (Å²) in [6, 6.07) is 13.2. The van der Waals surface area contributed by atoms with Crippen LogP contribution < -0.4 is 9.47 Å². The highest BCUT2D eigenvalue weighted by Gasteiger charge is 2.36. The number of aromatic nitrogens is 1. The van der Waals surface area contributed by atoms with Crippen LogP contribution in [0.5, 0.6) is 11.5 Å². The zero-order valence-corrected chi connectivity index (χ0v) is 21.8. The van der Waals surface area contributed by atoms with Crippen LogP contribution in [-0.2, 0) is 17.6 Å². The second-order valence-electron chi connectivity index (χ2n) is 8.99. The van der Waals surface area contributed by atoms with Crippen molar-refractivity contribution < 1.29 is 27.5 Å². The summed E-state index contributed by atoms with van der Waals surface area (Å²) in [7, 11) is 3.07. The van der Waals surface area contributed by atoms with Crippen LogP contribution in [0.1, 0.15) is 34.2 Å². The number of carbonyl (C=O) groups is 1. The van der Waals surface area contributed by atoms with Crippen LogP contribution in [0, 0.1) is 18.6 Å². The fourth-order valence-corrected chi connectivity index (χ4v) is 5.15. The second-order valence-corrected chi connectivity index (χ2v) is 9.40. The molecule has 0 saturated carbocycles. The predicted molar refractivity (Wildman–Crippen MR) is 139 cm³/mol. The van der Waals surface area contributed by atoms with E-state index in [9.17, 15) is 9.18 Å². The standard InChI is InChI=1S/C29H25ClF2N2O4/c1-16-23(33-29(38-16)18-6-4-7-19(31)12-18)15-26(35)34-11-10-17-13-24(36-2)25(37-3)14-20(17)28(34)27-21(30)8-5-9-22(27)32/h4-9,12-14,28H,10-11,15H2,1-3H3/t28-/m0/s1. The number of aryl methyl sites for hydroxylation is 1. The number of hydrogen-bond donors (Lipinski definition) is 0. The first-order valence-corrected chi connectivity index (χ1v) is 12.4. The Morgan fingerprint density at radius 1 is 1.11 bits per heavy atom. The monoisotopic (exact) mass is 538 g/mol. The van der Waals surface area contributed by atoms with Gasteiger partial charge in [-0.05, 0) is 66.9 Å². The van der Waals surface area contributed by atoms with Crippen LogP contribution in [0.15, 0.2) is 59.0 Å². The molecule has 0 radical (unpaired) electrons. The first kappa shape index (κ1) is 25.7. The summed E-state index contributed by atoms with van der Waals surface area (Å²) in [4.78, 5) is 19.8. The van der Waals surface area contributed by atoms with E-state index in [1.165, 1.54) is 31.4 Å². The zero-order chi connectivity index (χ0) is 27.0. The van der Waals surface area contributed by atoms with Gasteiger partial charge in [-0.1, -0.05) is 23.7 Å². The van der Waals surface area contributed by atoms with E-state index >= 15 is 4.39 Å². The van der Waals surface area contributed by atoms with Gasteiger partial charge in [0, 0.05) is 22.7 Å². The van der Waals surface area contributed by atoms with Gasteiger partial charge in [-0.25, -0.2) is 13.8 Å². The van der Waals surface area contributed by atoms with Crippen molar-refractivity contribution in [3.8, 4) is 23.0 Å². The van der Waals surface area contributed by atoms with E-state index in [1.807, 2.05) is 6.07 Å². The van der Waals surface area contributed by atoms with E-state index < -0.39 is 17.7 Å². The van der Waals surface area contributed by atoms with Crippen molar-refractivity contribution >= 4 is 17.5 Å². The fourth-order valence-electron chi connectivity index (χ4n) is 4.88. The summed E-state index contributed by atoms with van der Waals surface area (Å²) in [5.74, 6) is 0.462. The smallest absolute Gasteiger partial charge is 0.229 e. The zero-order valence-electron chi connectivity index (χ0n) is 21.1. The molecule has 0 spiro atoms. The number of methoxy groups -OCH3 is 2. The molecule has 0 aliphatic carbocycles. The van der Waals surface area contributed by atoms with Crippen molar-refractivity contribution in [1.29, 1.82) is 0 Å². The molecule has 1 aromatic heterocycles. The molecule has 2 heterocycles. The van der Waals surface area contributed by atoms with E-state index in [0.29, 0.717) is 47.0 Å². The van der Waals surface area contributed by atoms with E-state index in [4.69, 9.17) is 25.5 Å². The lowest BCUT2D eigenvalue weighted by Gasteiger charge is -2.38. The van der Waals surface area contributed by atoms with Crippen LogP contribution in [-0.4, -0.2) is 36.6 Å². The lowest BCUT2D eigenvalue weighted by atomic mass is 9.87. The molecule has 9 heteroatoms. The minimum absolute atomic E-state index is 0.0875. The average molecular weight is 539 g/mol. The maximum absolute atomic E-state index is 15.3. The third-order valence-corrected chi connectivity index (χ3v) is 7.08. The van der Waals surface area contributed by atoms with Gasteiger partial charge < -0.3 is 18.8 Å². The van der Waals surface area contributed by atoms with Crippen LogP contribution in [0.3, 0.4) is 0 Å². The summed E-state index contributed by atoms with van der Waals surface area (Å²) >= 11 is 6.51. The molecule has 4 aromatic rings. The number of nitrogens with zero attached hydrogens (tertiary/aromatic N) is 2. The van der Waals surface area contributed by atoms with Crippen LogP contribution in [0.2, 0.25) is 5.02 Å². The molecule has 0 N–H and O–H groups in total. The highest BCUT2D eigenvalue weighted by molar-refractivity contribution is 6.31. The molecule has 1 aliphatic heterocycles. The Bertz CT molecular complexity index is 1500. The van der Waals surface area contributed by atoms with Crippen molar-refractivity contribution in [3.63, 3.8) is 0 Å². The Morgan fingerprint density at radius 2 is 1.84 bits per heavy atom. The molecule has 1 atom stereocenters. The average Bonchev–Trinajstić information content (AvgIpc) is 3.27. The number of fused-ring (bicyclic) bond motifs is 1. The van der Waals surface area contributed by atoms with Crippen molar-refractivity contribution in [2.45, 2.75) is 25.8 Å². The topological polar surface area (TPSA) is 64.8 Å². The lowest BCUT2D eigenvalue weighted by Crippen LogP contribution is -2.42. The van der Waals surface area contributed by atoms with Crippen LogP contribution >= 0.6 is 11.6 Å². The van der Waals surface area contributed by atoms with Gasteiger partial charge in [-0.3, -0.25) is 4.79 Å². The number of amides is 1. The largest absolute Gasteiger partial charge is 0.493 e. The molecule has 3 aromatic carbocycles. The SMILES string of the molecule is COc1cc2c(cc1OC)[C@@H](c1c(F)cccc1Cl)N(C(=O)Cc1nc(-c3cccc(F)c3)oc1C)CC2. The number of hydrogen-bond acceptors (Lipinski definition) is 5. The molecule has 5 rings (SSSR count). The van der Waals surface area contributed by atoms with Gasteiger partial charge in [-0.2, -0.15) is 0 Å². The third kappa shape index (κ3) is 4.72. The van der Waals surface area contributed by atoms with E-state index in [0.717, 1.165) is 5.56 Å². The van der Waals surface area contributed by atoms with E-state index in [-0.39, 0.29) is 28.8 Å². The highest BCUT2D eigenvalue weighted by Crippen LogP contribution is 2.43. The molecule has 0 fully saturated rings. The molecule has 38 heavy (non-hydrogen) atoms. The first-order chi connectivity index (χ1) is 18.3. The predicted octanol–water partition coefficient (Wildman–Crippen LogP) is 6.32. The number of halogens is 3. The summed E-state index contributed by atoms with van der Waals surface area (Å²) in [6.07, 6.45) is 0.437. The van der Waals surface area contributed by atoms with Gasteiger partial charge in [-0.15, -0.1) is 0 Å². The number of ether oxygens (including phenoxy) is 2. The molecule has 0 bridgehead atoms. The molecular formula is C29H25ClF2N2O4. The van der Waals surface area contributed by atoms with Crippen molar-refractivity contribution in [2.75, 3.05) is 20.8 Å². The molecule has 0 saturated heterocycles. The fraction of sp³-hybridized carbons (Fsp3) is 0.241. The van der Waals surface area contributed by atoms with Gasteiger partial charge >= 0.3 is 0 Å². The first-order valence-electron chi connectivity index (χ1n) is 12.0.